The molecule has 2 aromatic carbocycles. The molecule has 142 valence electrons. The van der Waals surface area contributed by atoms with Gasteiger partial charge in [0.1, 0.15) is 5.75 Å². The summed E-state index contributed by atoms with van der Waals surface area (Å²) in [5.41, 5.74) is 0.925. The molecule has 0 aromatic heterocycles. The van der Waals surface area contributed by atoms with Gasteiger partial charge in [-0.25, -0.2) is 4.79 Å². The Morgan fingerprint density at radius 3 is 2.48 bits per heavy atom. The molecule has 0 saturated heterocycles. The molecule has 0 saturated carbocycles. The fraction of sp³-hybridized carbons (Fsp3) is 0.250. The standard InChI is InChI=1S/C20H20ClNO5/c1-3-27-20(25)14-6-4-5-7-16(14)22-19(24)11-9-17(23)15-12-13(21)8-10-18(15)26-2/h4-8,10,12H,3,9,11H2,1-2H3,(H,22,24). The fourth-order valence-electron chi connectivity index (χ4n) is 2.45. The van der Waals surface area contributed by atoms with Crippen LogP contribution in [0.25, 0.3) is 0 Å². The van der Waals surface area contributed by atoms with E-state index in [0.717, 1.165) is 0 Å². The highest BCUT2D eigenvalue weighted by Crippen LogP contribution is 2.24. The van der Waals surface area contributed by atoms with Gasteiger partial charge in [-0.1, -0.05) is 23.7 Å². The molecule has 0 radical (unpaired) electrons. The molecule has 6 nitrogen and oxygen atoms in total. The number of benzene rings is 2. The monoisotopic (exact) mass is 389 g/mol. The average Bonchev–Trinajstić information content (AvgIpc) is 2.66. The van der Waals surface area contributed by atoms with Crippen molar-refractivity contribution in [3.05, 3.63) is 58.6 Å². The summed E-state index contributed by atoms with van der Waals surface area (Å²) in [4.78, 5) is 36.6. The lowest BCUT2D eigenvalue weighted by Gasteiger charge is -2.11. The van der Waals surface area contributed by atoms with Gasteiger partial charge in [0.15, 0.2) is 5.78 Å². The molecule has 0 spiro atoms. The first-order valence-corrected chi connectivity index (χ1v) is 8.76. The summed E-state index contributed by atoms with van der Waals surface area (Å²) >= 11 is 5.93. The number of esters is 1. The molecule has 0 heterocycles. The lowest BCUT2D eigenvalue weighted by molar-refractivity contribution is -0.116. The number of Topliss-reactive ketones (excluding diaryl/α,β-unsaturated/α-hetero) is 1. The van der Waals surface area contributed by atoms with Crippen LogP contribution in [0.3, 0.4) is 0 Å². The van der Waals surface area contributed by atoms with Gasteiger partial charge in [-0.05, 0) is 37.3 Å². The van der Waals surface area contributed by atoms with E-state index in [4.69, 9.17) is 21.1 Å². The third-order valence-corrected chi connectivity index (χ3v) is 3.97. The smallest absolute Gasteiger partial charge is 0.340 e. The Morgan fingerprint density at radius 2 is 1.78 bits per heavy atom. The second-order valence-electron chi connectivity index (χ2n) is 5.58. The van der Waals surface area contributed by atoms with Crippen LogP contribution in [0, 0.1) is 0 Å². The summed E-state index contributed by atoms with van der Waals surface area (Å²) < 4.78 is 10.1. The van der Waals surface area contributed by atoms with Crippen LogP contribution in [0.2, 0.25) is 5.02 Å². The quantitative estimate of drug-likeness (QED) is 0.542. The van der Waals surface area contributed by atoms with E-state index >= 15 is 0 Å². The highest BCUT2D eigenvalue weighted by Gasteiger charge is 2.17. The maximum absolute atomic E-state index is 12.4. The van der Waals surface area contributed by atoms with E-state index in [0.29, 0.717) is 22.0 Å². The summed E-state index contributed by atoms with van der Waals surface area (Å²) in [6.07, 6.45) is -0.0736. The van der Waals surface area contributed by atoms with Crippen molar-refractivity contribution in [3.8, 4) is 5.75 Å². The number of ketones is 1. The SMILES string of the molecule is CCOC(=O)c1ccccc1NC(=O)CCC(=O)c1cc(Cl)ccc1OC. The van der Waals surface area contributed by atoms with E-state index in [1.54, 1.807) is 43.3 Å². The summed E-state index contributed by atoms with van der Waals surface area (Å²) in [5, 5.41) is 3.06. The first-order chi connectivity index (χ1) is 13.0. The summed E-state index contributed by atoms with van der Waals surface area (Å²) in [5.74, 6) is -0.769. The van der Waals surface area contributed by atoms with Crippen LogP contribution in [0.5, 0.6) is 5.75 Å². The van der Waals surface area contributed by atoms with Crippen LogP contribution >= 0.6 is 11.6 Å². The van der Waals surface area contributed by atoms with Gasteiger partial charge in [0.2, 0.25) is 5.91 Å². The minimum absolute atomic E-state index is 0.0237. The molecule has 0 fully saturated rings. The lowest BCUT2D eigenvalue weighted by Crippen LogP contribution is -2.17. The Balaban J connectivity index is 2.02. The van der Waals surface area contributed by atoms with Crippen LogP contribution in [-0.2, 0) is 9.53 Å². The molecule has 2 rings (SSSR count). The number of methoxy groups -OCH3 is 1. The highest BCUT2D eigenvalue weighted by molar-refractivity contribution is 6.31. The van der Waals surface area contributed by atoms with Crippen LogP contribution in [0.15, 0.2) is 42.5 Å². The molecule has 0 aliphatic heterocycles. The Kier molecular flexibility index (Phi) is 7.37. The van der Waals surface area contributed by atoms with E-state index in [1.807, 2.05) is 0 Å². The first kappa shape index (κ1) is 20.5. The van der Waals surface area contributed by atoms with Gasteiger partial charge in [-0.15, -0.1) is 0 Å². The van der Waals surface area contributed by atoms with Crippen molar-refractivity contribution >= 4 is 34.9 Å². The summed E-state index contributed by atoms with van der Waals surface area (Å²) in [7, 11) is 1.46. The van der Waals surface area contributed by atoms with Crippen molar-refractivity contribution in [2.24, 2.45) is 0 Å². The van der Waals surface area contributed by atoms with E-state index in [9.17, 15) is 14.4 Å². The number of rotatable bonds is 8. The molecule has 1 amide bonds. The van der Waals surface area contributed by atoms with Crippen molar-refractivity contribution in [1.29, 1.82) is 0 Å². The number of carbonyl (C=O) groups excluding carboxylic acids is 3. The number of para-hydroxylation sites is 1. The van der Waals surface area contributed by atoms with Gasteiger partial charge >= 0.3 is 5.97 Å². The average molecular weight is 390 g/mol. The van der Waals surface area contributed by atoms with Crippen LogP contribution < -0.4 is 10.1 Å². The van der Waals surface area contributed by atoms with E-state index in [-0.39, 0.29) is 36.7 Å². The predicted molar refractivity (Wildman–Crippen MR) is 103 cm³/mol. The van der Waals surface area contributed by atoms with E-state index in [2.05, 4.69) is 5.32 Å². The Labute approximate surface area is 162 Å². The maximum atomic E-state index is 12.4. The fourth-order valence-corrected chi connectivity index (χ4v) is 2.62. The highest BCUT2D eigenvalue weighted by atomic mass is 35.5. The Morgan fingerprint density at radius 1 is 1.04 bits per heavy atom. The summed E-state index contributed by atoms with van der Waals surface area (Å²) in [6, 6.07) is 11.3. The molecule has 0 aliphatic rings. The van der Waals surface area contributed by atoms with Crippen molar-refractivity contribution in [2.75, 3.05) is 19.0 Å². The molecule has 1 N–H and O–H groups in total. The van der Waals surface area contributed by atoms with Gasteiger partial charge in [0.05, 0.1) is 30.5 Å². The van der Waals surface area contributed by atoms with Crippen molar-refractivity contribution in [2.45, 2.75) is 19.8 Å². The van der Waals surface area contributed by atoms with Crippen LogP contribution in [0.4, 0.5) is 5.69 Å². The van der Waals surface area contributed by atoms with Crippen LogP contribution in [-0.4, -0.2) is 31.4 Å². The van der Waals surface area contributed by atoms with Crippen LogP contribution in [0.1, 0.15) is 40.5 Å². The molecule has 27 heavy (non-hydrogen) atoms. The molecular formula is C20H20ClNO5. The number of hydrogen-bond acceptors (Lipinski definition) is 5. The first-order valence-electron chi connectivity index (χ1n) is 8.39. The zero-order valence-corrected chi connectivity index (χ0v) is 15.8. The number of amides is 1. The van der Waals surface area contributed by atoms with E-state index in [1.165, 1.54) is 13.2 Å². The zero-order chi connectivity index (χ0) is 19.8. The topological polar surface area (TPSA) is 81.7 Å². The normalized spacial score (nSPS) is 10.2. The van der Waals surface area contributed by atoms with Crippen molar-refractivity contribution in [1.82, 2.24) is 0 Å². The predicted octanol–water partition coefficient (Wildman–Crippen LogP) is 4.13. The third-order valence-electron chi connectivity index (χ3n) is 3.74. The van der Waals surface area contributed by atoms with Gasteiger partial charge < -0.3 is 14.8 Å². The van der Waals surface area contributed by atoms with Gasteiger partial charge in [0.25, 0.3) is 0 Å². The minimum Gasteiger partial charge on any atom is -0.496 e. The number of nitrogens with one attached hydrogen (secondary N) is 1. The molecule has 0 atom stereocenters. The molecule has 7 heteroatoms. The molecule has 2 aromatic rings. The van der Waals surface area contributed by atoms with Gasteiger partial charge in [-0.3, -0.25) is 9.59 Å². The van der Waals surface area contributed by atoms with Crippen molar-refractivity contribution < 1.29 is 23.9 Å². The lowest BCUT2D eigenvalue weighted by atomic mass is 10.1. The molecular weight excluding hydrogens is 370 g/mol. The third kappa shape index (κ3) is 5.56. The molecule has 0 unspecified atom stereocenters. The van der Waals surface area contributed by atoms with E-state index < -0.39 is 5.97 Å². The number of hydrogen-bond donors (Lipinski definition) is 1. The molecule has 0 aliphatic carbocycles. The number of carbonyl (C=O) groups is 3. The Bertz CT molecular complexity index is 850. The maximum Gasteiger partial charge on any atom is 0.340 e. The molecule has 0 bridgehead atoms. The Hall–Kier alpha value is -2.86. The second kappa shape index (κ2) is 9.73. The largest absolute Gasteiger partial charge is 0.496 e. The minimum atomic E-state index is -0.520. The van der Waals surface area contributed by atoms with Crippen molar-refractivity contribution in [3.63, 3.8) is 0 Å². The number of anilines is 1. The van der Waals surface area contributed by atoms with Gasteiger partial charge in [-0.2, -0.15) is 0 Å². The number of ether oxygens (including phenoxy) is 2. The summed E-state index contributed by atoms with van der Waals surface area (Å²) in [6.45, 7) is 1.94. The zero-order valence-electron chi connectivity index (χ0n) is 15.1. The second-order valence-corrected chi connectivity index (χ2v) is 6.02. The van der Waals surface area contributed by atoms with Gasteiger partial charge in [0, 0.05) is 17.9 Å². The number of halogens is 1.